The summed E-state index contributed by atoms with van der Waals surface area (Å²) >= 11 is 0. The number of rotatable bonds is 0. The molecule has 1 aliphatic rings. The highest BCUT2D eigenvalue weighted by molar-refractivity contribution is 5.83. The maximum Gasteiger partial charge on any atom is 0.103 e. The minimum atomic E-state index is 0.900. The van der Waals surface area contributed by atoms with Crippen molar-refractivity contribution in [2.24, 2.45) is 4.99 Å². The van der Waals surface area contributed by atoms with Crippen LogP contribution < -0.4 is 5.32 Å². The summed E-state index contributed by atoms with van der Waals surface area (Å²) in [5.41, 5.74) is 0.900. The summed E-state index contributed by atoms with van der Waals surface area (Å²) in [6.07, 6.45) is 3.56. The molecule has 0 saturated heterocycles. The first-order valence-electron chi connectivity index (χ1n) is 2.46. The second-order valence-corrected chi connectivity index (χ2v) is 1.68. The van der Waals surface area contributed by atoms with E-state index in [9.17, 15) is 0 Å². The third kappa shape index (κ3) is 0.964. The first kappa shape index (κ1) is 5.09. The van der Waals surface area contributed by atoms with E-state index >= 15 is 0 Å². The maximum atomic E-state index is 3.94. The highest BCUT2D eigenvalue weighted by Gasteiger charge is 1.92. The van der Waals surface area contributed by atoms with Gasteiger partial charge in [-0.15, -0.1) is 0 Å². The van der Waals surface area contributed by atoms with Crippen molar-refractivity contribution in [3.63, 3.8) is 0 Å². The van der Waals surface area contributed by atoms with Crippen LogP contribution in [0.3, 0.4) is 0 Å². The zero-order valence-electron chi connectivity index (χ0n) is 4.81. The van der Waals surface area contributed by atoms with Crippen molar-refractivity contribution < 1.29 is 0 Å². The Bertz CT molecular complexity index is 165. The molecule has 0 aromatic rings. The van der Waals surface area contributed by atoms with E-state index in [1.807, 2.05) is 13.0 Å². The topological polar surface area (TPSA) is 24.4 Å². The first-order chi connectivity index (χ1) is 3.79. The predicted octanol–water partition coefficient (Wildman–Crippen LogP) is 1.04. The van der Waals surface area contributed by atoms with E-state index in [0.29, 0.717) is 0 Å². The summed E-state index contributed by atoms with van der Waals surface area (Å²) in [6.45, 7) is 5.58. The van der Waals surface area contributed by atoms with Gasteiger partial charge >= 0.3 is 0 Å². The van der Waals surface area contributed by atoms with Crippen LogP contribution in [-0.4, -0.2) is 5.84 Å². The standard InChI is InChI=1S/C6H8N2/c1-5-3-4-7-6(2)8-5/h3-4H,1H2,2H3,(H,7,8). The van der Waals surface area contributed by atoms with Gasteiger partial charge in [-0.25, -0.2) is 4.99 Å². The molecule has 0 spiro atoms. The Morgan fingerprint density at radius 2 is 2.50 bits per heavy atom. The molecule has 2 nitrogen and oxygen atoms in total. The zero-order chi connectivity index (χ0) is 5.98. The number of hydrogen-bond donors (Lipinski definition) is 1. The van der Waals surface area contributed by atoms with E-state index in [1.54, 1.807) is 6.20 Å². The summed E-state index contributed by atoms with van der Waals surface area (Å²) in [4.78, 5) is 3.94. The van der Waals surface area contributed by atoms with Crippen molar-refractivity contribution in [2.75, 3.05) is 0 Å². The van der Waals surface area contributed by atoms with Crippen molar-refractivity contribution in [1.82, 2.24) is 5.32 Å². The van der Waals surface area contributed by atoms with Gasteiger partial charge in [-0.05, 0) is 13.0 Å². The van der Waals surface area contributed by atoms with Crippen LogP contribution in [-0.2, 0) is 0 Å². The van der Waals surface area contributed by atoms with Crippen molar-refractivity contribution in [3.8, 4) is 0 Å². The molecular weight excluding hydrogens is 100 g/mol. The molecule has 1 N–H and O–H groups in total. The van der Waals surface area contributed by atoms with E-state index < -0.39 is 0 Å². The number of hydrogen-bond acceptors (Lipinski definition) is 2. The second-order valence-electron chi connectivity index (χ2n) is 1.68. The lowest BCUT2D eigenvalue weighted by atomic mass is 10.4. The van der Waals surface area contributed by atoms with Crippen LogP contribution in [0.15, 0.2) is 29.5 Å². The van der Waals surface area contributed by atoms with E-state index in [0.717, 1.165) is 11.5 Å². The van der Waals surface area contributed by atoms with Gasteiger partial charge in [0.2, 0.25) is 0 Å². The van der Waals surface area contributed by atoms with E-state index in [4.69, 9.17) is 0 Å². The van der Waals surface area contributed by atoms with E-state index in [-0.39, 0.29) is 0 Å². The Morgan fingerprint density at radius 3 is 2.88 bits per heavy atom. The Morgan fingerprint density at radius 1 is 1.75 bits per heavy atom. The van der Waals surface area contributed by atoms with Gasteiger partial charge in [-0.2, -0.15) is 0 Å². The molecule has 0 fully saturated rings. The lowest BCUT2D eigenvalue weighted by Gasteiger charge is -2.06. The summed E-state index contributed by atoms with van der Waals surface area (Å²) in [7, 11) is 0. The fourth-order valence-corrected chi connectivity index (χ4v) is 0.545. The predicted molar refractivity (Wildman–Crippen MR) is 34.5 cm³/mol. The second kappa shape index (κ2) is 1.82. The Hall–Kier alpha value is -1.05. The summed E-state index contributed by atoms with van der Waals surface area (Å²) in [5, 5.41) is 2.95. The summed E-state index contributed by atoms with van der Waals surface area (Å²) < 4.78 is 0. The molecule has 42 valence electrons. The first-order valence-corrected chi connectivity index (χ1v) is 2.46. The number of allylic oxidation sites excluding steroid dienone is 1. The highest BCUT2D eigenvalue weighted by atomic mass is 15.0. The number of aliphatic imine (C=N–C) groups is 1. The molecule has 0 saturated carbocycles. The van der Waals surface area contributed by atoms with Crippen LogP contribution in [0, 0.1) is 0 Å². The van der Waals surface area contributed by atoms with Crippen LogP contribution in [0.1, 0.15) is 6.92 Å². The third-order valence-corrected chi connectivity index (χ3v) is 0.885. The van der Waals surface area contributed by atoms with Gasteiger partial charge in [0.15, 0.2) is 0 Å². The van der Waals surface area contributed by atoms with Crippen molar-refractivity contribution in [3.05, 3.63) is 24.6 Å². The number of nitrogens with one attached hydrogen (secondary N) is 1. The molecule has 0 aromatic carbocycles. The van der Waals surface area contributed by atoms with Gasteiger partial charge in [0.25, 0.3) is 0 Å². The van der Waals surface area contributed by atoms with Gasteiger partial charge in [0.05, 0.1) is 0 Å². The van der Waals surface area contributed by atoms with E-state index in [1.165, 1.54) is 0 Å². The van der Waals surface area contributed by atoms with Crippen molar-refractivity contribution in [1.29, 1.82) is 0 Å². The number of nitrogens with zero attached hydrogens (tertiary/aromatic N) is 1. The molecule has 0 aromatic heterocycles. The van der Waals surface area contributed by atoms with Crippen molar-refractivity contribution in [2.45, 2.75) is 6.92 Å². The minimum absolute atomic E-state index is 0.900. The minimum Gasteiger partial charge on any atom is -0.344 e. The van der Waals surface area contributed by atoms with Crippen LogP contribution in [0.25, 0.3) is 0 Å². The lowest BCUT2D eigenvalue weighted by Crippen LogP contribution is -2.19. The zero-order valence-corrected chi connectivity index (χ0v) is 4.81. The maximum absolute atomic E-state index is 3.94. The molecule has 0 amide bonds. The molecule has 1 aliphatic heterocycles. The van der Waals surface area contributed by atoms with Crippen LogP contribution in [0.4, 0.5) is 0 Å². The molecular formula is C6H8N2. The third-order valence-electron chi connectivity index (χ3n) is 0.885. The van der Waals surface area contributed by atoms with E-state index in [2.05, 4.69) is 16.9 Å². The Balaban J connectivity index is 2.73. The molecule has 0 aliphatic carbocycles. The van der Waals surface area contributed by atoms with Gasteiger partial charge in [-0.3, -0.25) is 0 Å². The molecule has 0 bridgehead atoms. The summed E-state index contributed by atoms with van der Waals surface area (Å²) in [6, 6.07) is 0. The largest absolute Gasteiger partial charge is 0.344 e. The smallest absolute Gasteiger partial charge is 0.103 e. The van der Waals surface area contributed by atoms with Gasteiger partial charge in [0, 0.05) is 11.9 Å². The molecule has 0 unspecified atom stereocenters. The molecule has 2 heteroatoms. The van der Waals surface area contributed by atoms with Crippen molar-refractivity contribution >= 4 is 5.84 Å². The summed E-state index contributed by atoms with van der Waals surface area (Å²) in [5.74, 6) is 0.900. The molecule has 8 heavy (non-hydrogen) atoms. The molecule has 0 atom stereocenters. The average Bonchev–Trinajstić information content (AvgIpc) is 1.64. The van der Waals surface area contributed by atoms with Crippen LogP contribution in [0.2, 0.25) is 0 Å². The number of amidine groups is 1. The van der Waals surface area contributed by atoms with Gasteiger partial charge in [0.1, 0.15) is 5.84 Å². The molecule has 0 radical (unpaired) electrons. The monoisotopic (exact) mass is 108 g/mol. The lowest BCUT2D eigenvalue weighted by molar-refractivity contribution is 1.13. The van der Waals surface area contributed by atoms with Crippen LogP contribution in [0.5, 0.6) is 0 Å². The molecule has 1 rings (SSSR count). The average molecular weight is 108 g/mol. The Labute approximate surface area is 48.6 Å². The quantitative estimate of drug-likeness (QED) is 0.492. The fraction of sp³-hybridized carbons (Fsp3) is 0.167. The Kier molecular flexibility index (Phi) is 1.16. The fourth-order valence-electron chi connectivity index (χ4n) is 0.545. The normalized spacial score (nSPS) is 17.6. The van der Waals surface area contributed by atoms with Gasteiger partial charge in [-0.1, -0.05) is 6.58 Å². The molecule has 1 heterocycles. The van der Waals surface area contributed by atoms with Crippen LogP contribution >= 0.6 is 0 Å². The van der Waals surface area contributed by atoms with Gasteiger partial charge < -0.3 is 5.32 Å². The SMILES string of the molecule is C=C1C=CN=C(C)N1. The highest BCUT2D eigenvalue weighted by Crippen LogP contribution is 1.93.